The lowest BCUT2D eigenvalue weighted by molar-refractivity contribution is -0.360. The lowest BCUT2D eigenvalue weighted by atomic mass is 9.84. The van der Waals surface area contributed by atoms with Gasteiger partial charge in [0, 0.05) is 25.7 Å². The molecule has 0 bridgehead atoms. The molecule has 10 N–H and O–H groups in total. The summed E-state index contributed by atoms with van der Waals surface area (Å²) in [5, 5.41) is 103. The normalized spacial score (nSPS) is 25.3. The van der Waals surface area contributed by atoms with Gasteiger partial charge in [-0.1, -0.05) is 355 Å². The molecule has 1 aliphatic carbocycles. The van der Waals surface area contributed by atoms with E-state index in [0.29, 0.717) is 43.9 Å². The van der Waals surface area contributed by atoms with Crippen LogP contribution in [-0.4, -0.2) is 205 Å². The van der Waals surface area contributed by atoms with Crippen molar-refractivity contribution in [3.63, 3.8) is 0 Å². The molecule has 3 fully saturated rings. The first-order valence-electron chi connectivity index (χ1n) is 48.7. The molecule has 120 heavy (non-hydrogen) atoms. The molecule has 0 aromatic carbocycles. The minimum atomic E-state index is -5.81. The van der Waals surface area contributed by atoms with Crippen LogP contribution in [0.3, 0.4) is 0 Å². The van der Waals surface area contributed by atoms with Crippen LogP contribution in [-0.2, 0) is 70.7 Å². The first-order valence-corrected chi connectivity index (χ1v) is 50.2. The Morgan fingerprint density at radius 3 is 1.08 bits per heavy atom. The van der Waals surface area contributed by atoms with E-state index in [-0.39, 0.29) is 25.7 Å². The number of esters is 4. The van der Waals surface area contributed by atoms with E-state index in [9.17, 15) is 74.6 Å². The molecule has 3 rings (SSSR count). The highest BCUT2D eigenvalue weighted by molar-refractivity contribution is 7.47. The number of unbranched alkanes of at least 4 members (excludes halogenated alkanes) is 44. The van der Waals surface area contributed by atoms with E-state index >= 15 is 0 Å². The third-order valence-electron chi connectivity index (χ3n) is 24.3. The molecule has 26 heteroatoms. The molecular formula is C94H175O25P. The Bertz CT molecular complexity index is 2570. The van der Waals surface area contributed by atoms with Gasteiger partial charge in [0.05, 0.1) is 13.2 Å². The molecule has 3 aliphatic rings. The summed E-state index contributed by atoms with van der Waals surface area (Å²) in [5.41, 5.74) is 0. The Labute approximate surface area is 724 Å². The third kappa shape index (κ3) is 51.3. The van der Waals surface area contributed by atoms with E-state index in [0.717, 1.165) is 128 Å². The molecule has 0 aromatic rings. The highest BCUT2D eigenvalue weighted by Gasteiger charge is 2.60. The predicted molar refractivity (Wildman–Crippen MR) is 467 cm³/mol. The van der Waals surface area contributed by atoms with E-state index in [1.807, 2.05) is 0 Å². The van der Waals surface area contributed by atoms with E-state index in [2.05, 4.69) is 53.7 Å². The number of hydrogen-bond donors (Lipinski definition) is 10. The Morgan fingerprint density at radius 1 is 0.350 bits per heavy atom. The maximum atomic E-state index is 14.9. The van der Waals surface area contributed by atoms with Gasteiger partial charge in [0.25, 0.3) is 0 Å². The zero-order chi connectivity index (χ0) is 87.8. The van der Waals surface area contributed by atoms with Crippen molar-refractivity contribution < 1.29 is 122 Å². The zero-order valence-corrected chi connectivity index (χ0v) is 76.6. The summed E-state index contributed by atoms with van der Waals surface area (Å²) in [4.78, 5) is 66.6. The van der Waals surface area contributed by atoms with Gasteiger partial charge in [0.1, 0.15) is 92.6 Å². The molecule has 706 valence electrons. The molecule has 0 radical (unpaired) electrons. The summed E-state index contributed by atoms with van der Waals surface area (Å²) in [6, 6.07) is 0. The fourth-order valence-corrected chi connectivity index (χ4v) is 17.4. The molecule has 1 saturated carbocycles. The summed E-state index contributed by atoms with van der Waals surface area (Å²) in [6.07, 6.45) is 27.8. The Hall–Kier alpha value is -2.79. The number of phosphoric ester groups is 1. The van der Waals surface area contributed by atoms with Crippen molar-refractivity contribution >= 4 is 31.7 Å². The molecule has 0 amide bonds. The molecule has 20 atom stereocenters. The molecule has 2 heterocycles. The standard InChI is InChI=1S/C94H175O25P/c1-7-11-15-19-23-25-27-29-30-31-33-35-37-39-50-58-66-79(98)113-74(69-110-77(96)64-56-48-38-36-34-32-28-26-24-20-16-12-8-2)70-112-120(108,109)119-92-90(117-93-87(106)83(102)81(100)75(68-95)114-93)86(105)85(104)89(116-80(99)67-59-51-43-41-47-55-63-73(6)61-53-45-22-18-14-10-4)91(92)118-94-88(107)84(103)82(101)76(115-94)71-111-78(97)65-57-49-42-40-46-54-62-72(5)60-52-44-21-17-13-9-3/h32,34,72-76,81-95,100-107H,7-31,33,35-71H2,1-6H3,(H,108,109)/b34-32-. The van der Waals surface area contributed by atoms with Crippen LogP contribution in [0.25, 0.3) is 0 Å². The smallest absolute Gasteiger partial charge is 0.463 e. The van der Waals surface area contributed by atoms with Crippen LogP contribution < -0.4 is 0 Å². The summed E-state index contributed by atoms with van der Waals surface area (Å²) >= 11 is 0. The largest absolute Gasteiger partial charge is 0.472 e. The number of aliphatic hydroxyl groups is 9. The SMILES string of the molecule is CCCCCCCC/C=C\CCCCCC(=O)OCC(COP(=O)(O)OC1C(OC2OC(CO)C(O)C(O)C2O)C(O)C(O)C(OC(=O)CCCCCCCCC(C)CCCCCCCC)C1OC1OC(COC(=O)CCCCCCCCC(C)CCCCCCCC)C(O)C(O)C1O)OC(=O)CCCCCCCCCCCCCCCCCC. The van der Waals surface area contributed by atoms with Crippen molar-refractivity contribution in [3.8, 4) is 0 Å². The average Bonchev–Trinajstić information content (AvgIpc) is 0.750. The second-order valence-electron chi connectivity index (χ2n) is 35.5. The Kier molecular flexibility index (Phi) is 66.1. The number of ether oxygens (including phenoxy) is 8. The average molecular weight is 1740 g/mol. The number of carbonyl (C=O) groups is 4. The lowest BCUT2D eigenvalue weighted by Crippen LogP contribution is -2.70. The molecular weight excluding hydrogens is 1560 g/mol. The quantitative estimate of drug-likeness (QED) is 0.00889. The lowest BCUT2D eigenvalue weighted by Gasteiger charge is -2.50. The molecule has 2 saturated heterocycles. The monoisotopic (exact) mass is 1740 g/mol. The molecule has 0 spiro atoms. The number of aliphatic hydroxyl groups excluding tert-OH is 9. The van der Waals surface area contributed by atoms with Crippen molar-refractivity contribution in [2.75, 3.05) is 26.4 Å². The van der Waals surface area contributed by atoms with Gasteiger partial charge >= 0.3 is 31.7 Å². The fraction of sp³-hybridized carbons (Fsp3) is 0.936. The van der Waals surface area contributed by atoms with Crippen LogP contribution in [0.15, 0.2) is 12.2 Å². The van der Waals surface area contributed by atoms with Gasteiger partial charge in [0.2, 0.25) is 0 Å². The maximum Gasteiger partial charge on any atom is 0.472 e. The van der Waals surface area contributed by atoms with Crippen molar-refractivity contribution in [1.29, 1.82) is 0 Å². The fourth-order valence-electron chi connectivity index (χ4n) is 16.4. The minimum Gasteiger partial charge on any atom is -0.463 e. The predicted octanol–water partition coefficient (Wildman–Crippen LogP) is 18.4. The second-order valence-corrected chi connectivity index (χ2v) is 36.9. The van der Waals surface area contributed by atoms with Gasteiger partial charge < -0.3 is 88.7 Å². The first-order chi connectivity index (χ1) is 58.0. The van der Waals surface area contributed by atoms with Crippen LogP contribution in [0.1, 0.15) is 420 Å². The van der Waals surface area contributed by atoms with Gasteiger partial charge in [-0.2, -0.15) is 0 Å². The van der Waals surface area contributed by atoms with Crippen molar-refractivity contribution in [1.82, 2.24) is 0 Å². The topological polar surface area (TPSA) is 380 Å². The Balaban J connectivity index is 1.92. The molecule has 2 aliphatic heterocycles. The van der Waals surface area contributed by atoms with Gasteiger partial charge in [0.15, 0.2) is 24.8 Å². The van der Waals surface area contributed by atoms with Crippen LogP contribution >= 0.6 is 7.82 Å². The van der Waals surface area contributed by atoms with Crippen LogP contribution in [0.5, 0.6) is 0 Å². The van der Waals surface area contributed by atoms with Crippen LogP contribution in [0.4, 0.5) is 0 Å². The van der Waals surface area contributed by atoms with E-state index in [1.165, 1.54) is 193 Å². The number of carbonyl (C=O) groups excluding carboxylic acids is 4. The van der Waals surface area contributed by atoms with E-state index < -0.39 is 162 Å². The Morgan fingerprint density at radius 2 is 0.675 bits per heavy atom. The third-order valence-corrected chi connectivity index (χ3v) is 25.3. The summed E-state index contributed by atoms with van der Waals surface area (Å²) < 4.78 is 73.6. The van der Waals surface area contributed by atoms with Crippen molar-refractivity contribution in [3.05, 3.63) is 12.2 Å². The van der Waals surface area contributed by atoms with Crippen molar-refractivity contribution in [2.45, 2.75) is 525 Å². The summed E-state index contributed by atoms with van der Waals surface area (Å²) in [5.74, 6) is -1.66. The van der Waals surface area contributed by atoms with E-state index in [1.54, 1.807) is 0 Å². The number of phosphoric acid groups is 1. The van der Waals surface area contributed by atoms with Gasteiger partial charge in [-0.3, -0.25) is 28.2 Å². The minimum absolute atomic E-state index is 0.0151. The van der Waals surface area contributed by atoms with Crippen LogP contribution in [0, 0.1) is 11.8 Å². The van der Waals surface area contributed by atoms with Crippen LogP contribution in [0.2, 0.25) is 0 Å². The molecule has 20 unspecified atom stereocenters. The maximum absolute atomic E-state index is 14.9. The first kappa shape index (κ1) is 111. The summed E-state index contributed by atoms with van der Waals surface area (Å²) in [7, 11) is -5.81. The van der Waals surface area contributed by atoms with Gasteiger partial charge in [-0.25, -0.2) is 4.57 Å². The zero-order valence-electron chi connectivity index (χ0n) is 75.7. The van der Waals surface area contributed by atoms with Gasteiger partial charge in [-0.15, -0.1) is 0 Å². The van der Waals surface area contributed by atoms with Crippen molar-refractivity contribution in [2.24, 2.45) is 11.8 Å². The molecule has 25 nitrogen and oxygen atoms in total. The van der Waals surface area contributed by atoms with E-state index in [4.69, 9.17) is 46.9 Å². The second kappa shape index (κ2) is 71.2. The summed E-state index contributed by atoms with van der Waals surface area (Å²) in [6.45, 7) is 10.2. The highest BCUT2D eigenvalue weighted by atomic mass is 31.2. The number of rotatable bonds is 78. The van der Waals surface area contributed by atoms with Gasteiger partial charge in [-0.05, 0) is 63.2 Å². The highest BCUT2D eigenvalue weighted by Crippen LogP contribution is 2.49. The number of hydrogen-bond acceptors (Lipinski definition) is 24. The number of allylic oxidation sites excluding steroid dienone is 2. The molecule has 0 aromatic heterocycles.